The third-order valence-electron chi connectivity index (χ3n) is 3.97. The van der Waals surface area contributed by atoms with Gasteiger partial charge in [-0.2, -0.15) is 0 Å². The summed E-state index contributed by atoms with van der Waals surface area (Å²) in [6.07, 6.45) is 3.45. The first-order valence-corrected chi connectivity index (χ1v) is 6.79. The molecule has 0 amide bonds. The molecule has 2 heterocycles. The molecule has 4 heteroatoms. The largest absolute Gasteiger partial charge is 0.506 e. The molecule has 20 heavy (non-hydrogen) atoms. The monoisotopic (exact) mass is 274 g/mol. The number of Topliss-reactive ketones (excluding diaryl/α,β-unsaturated/α-hetero) is 1. The molecule has 0 saturated heterocycles. The molecule has 3 rings (SSSR count). The summed E-state index contributed by atoms with van der Waals surface area (Å²) in [5.74, 6) is 0.549. The Morgan fingerprint density at radius 3 is 2.65 bits per heavy atom. The molecule has 1 aromatic rings. The minimum Gasteiger partial charge on any atom is -0.506 e. The van der Waals surface area contributed by atoms with Gasteiger partial charge >= 0.3 is 0 Å². The molecule has 0 bridgehead atoms. The van der Waals surface area contributed by atoms with Crippen molar-refractivity contribution in [2.24, 2.45) is 5.92 Å². The van der Waals surface area contributed by atoms with Crippen molar-refractivity contribution in [3.8, 4) is 17.2 Å². The average molecular weight is 274 g/mol. The zero-order valence-corrected chi connectivity index (χ0v) is 12.1. The van der Waals surface area contributed by atoms with Crippen LogP contribution in [0.15, 0.2) is 12.1 Å². The average Bonchev–Trinajstić information content (AvgIpc) is 2.34. The standard InChI is InChI=1S/C16H18O4/c1-8-9(2)19-12-7-11-10(5-6-16(3,4)20-11)15(18)13(12)14(8)17/h5-9,18H,1-4H3. The van der Waals surface area contributed by atoms with Crippen molar-refractivity contribution in [1.82, 2.24) is 0 Å². The number of phenolic OH excluding ortho intramolecular Hbond substituents is 1. The first kappa shape index (κ1) is 13.0. The van der Waals surface area contributed by atoms with E-state index >= 15 is 0 Å². The summed E-state index contributed by atoms with van der Waals surface area (Å²) in [5, 5.41) is 10.4. The van der Waals surface area contributed by atoms with Gasteiger partial charge in [0, 0.05) is 6.07 Å². The number of phenols is 1. The zero-order chi connectivity index (χ0) is 14.7. The number of benzene rings is 1. The van der Waals surface area contributed by atoms with E-state index in [0.29, 0.717) is 17.1 Å². The van der Waals surface area contributed by atoms with Gasteiger partial charge in [-0.15, -0.1) is 0 Å². The van der Waals surface area contributed by atoms with Crippen LogP contribution < -0.4 is 9.47 Å². The Morgan fingerprint density at radius 2 is 1.95 bits per heavy atom. The van der Waals surface area contributed by atoms with Crippen LogP contribution in [0.1, 0.15) is 43.6 Å². The number of rotatable bonds is 0. The Morgan fingerprint density at radius 1 is 1.25 bits per heavy atom. The Bertz CT molecular complexity index is 628. The SMILES string of the molecule is CC1Oc2cc3c(c(O)c2C(=O)C1C)C=CC(C)(C)O3. The summed E-state index contributed by atoms with van der Waals surface area (Å²) in [5.41, 5.74) is 0.370. The third-order valence-corrected chi connectivity index (χ3v) is 3.97. The fourth-order valence-electron chi connectivity index (χ4n) is 2.56. The Balaban J connectivity index is 2.20. The molecule has 106 valence electrons. The maximum absolute atomic E-state index is 12.4. The van der Waals surface area contributed by atoms with Gasteiger partial charge in [-0.1, -0.05) is 6.92 Å². The first-order chi connectivity index (χ1) is 9.30. The summed E-state index contributed by atoms with van der Waals surface area (Å²) < 4.78 is 11.6. The van der Waals surface area contributed by atoms with Crippen molar-refractivity contribution < 1.29 is 19.4 Å². The van der Waals surface area contributed by atoms with E-state index < -0.39 is 5.60 Å². The number of hydrogen-bond acceptors (Lipinski definition) is 4. The highest BCUT2D eigenvalue weighted by Gasteiger charge is 2.36. The van der Waals surface area contributed by atoms with E-state index in [1.807, 2.05) is 33.8 Å². The van der Waals surface area contributed by atoms with Crippen LogP contribution in [0.5, 0.6) is 17.2 Å². The lowest BCUT2D eigenvalue weighted by atomic mass is 9.88. The van der Waals surface area contributed by atoms with Crippen LogP contribution in [0.4, 0.5) is 0 Å². The molecular weight excluding hydrogens is 256 g/mol. The molecule has 0 spiro atoms. The minimum atomic E-state index is -0.439. The van der Waals surface area contributed by atoms with Gasteiger partial charge in [0.15, 0.2) is 5.78 Å². The van der Waals surface area contributed by atoms with Gasteiger partial charge < -0.3 is 14.6 Å². The minimum absolute atomic E-state index is 0.0481. The number of carbonyl (C=O) groups is 1. The topological polar surface area (TPSA) is 55.8 Å². The van der Waals surface area contributed by atoms with E-state index in [1.165, 1.54) is 0 Å². The van der Waals surface area contributed by atoms with Gasteiger partial charge in [0.05, 0.1) is 11.5 Å². The summed E-state index contributed by atoms with van der Waals surface area (Å²) >= 11 is 0. The normalized spacial score (nSPS) is 26.3. The highest BCUT2D eigenvalue weighted by molar-refractivity contribution is 6.05. The first-order valence-electron chi connectivity index (χ1n) is 6.79. The van der Waals surface area contributed by atoms with Crippen LogP contribution in [0, 0.1) is 5.92 Å². The molecular formula is C16H18O4. The van der Waals surface area contributed by atoms with Crippen molar-refractivity contribution in [2.75, 3.05) is 0 Å². The van der Waals surface area contributed by atoms with Crippen molar-refractivity contribution in [1.29, 1.82) is 0 Å². The molecule has 0 aliphatic carbocycles. The second-order valence-electron chi connectivity index (χ2n) is 6.02. The lowest BCUT2D eigenvalue weighted by Gasteiger charge is -2.32. The molecule has 0 saturated carbocycles. The number of hydrogen-bond donors (Lipinski definition) is 1. The zero-order valence-electron chi connectivity index (χ0n) is 12.1. The third kappa shape index (κ3) is 1.79. The predicted octanol–water partition coefficient (Wildman–Crippen LogP) is 3.18. The van der Waals surface area contributed by atoms with Gasteiger partial charge in [-0.25, -0.2) is 0 Å². The second kappa shape index (κ2) is 4.01. The Hall–Kier alpha value is -1.97. The lowest BCUT2D eigenvalue weighted by Crippen LogP contribution is -2.34. The molecule has 2 aliphatic heterocycles. The van der Waals surface area contributed by atoms with Crippen molar-refractivity contribution in [2.45, 2.75) is 39.4 Å². The number of ether oxygens (including phenoxy) is 2. The van der Waals surface area contributed by atoms with Crippen molar-refractivity contribution >= 4 is 11.9 Å². The number of ketones is 1. The highest BCUT2D eigenvalue weighted by atomic mass is 16.5. The molecule has 2 unspecified atom stereocenters. The number of aromatic hydroxyl groups is 1. The molecule has 0 fully saturated rings. The highest BCUT2D eigenvalue weighted by Crippen LogP contribution is 2.46. The van der Waals surface area contributed by atoms with E-state index in [-0.39, 0.29) is 29.1 Å². The van der Waals surface area contributed by atoms with Gasteiger partial charge in [-0.3, -0.25) is 4.79 Å². The van der Waals surface area contributed by atoms with Crippen LogP contribution in [0.25, 0.3) is 6.08 Å². The molecule has 4 nitrogen and oxygen atoms in total. The maximum atomic E-state index is 12.4. The lowest BCUT2D eigenvalue weighted by molar-refractivity contribution is 0.0722. The van der Waals surface area contributed by atoms with Crippen LogP contribution >= 0.6 is 0 Å². The van der Waals surface area contributed by atoms with Gasteiger partial charge in [0.2, 0.25) is 0 Å². The summed E-state index contributed by atoms with van der Waals surface area (Å²) in [7, 11) is 0. The van der Waals surface area contributed by atoms with Crippen LogP contribution in [-0.2, 0) is 0 Å². The smallest absolute Gasteiger partial charge is 0.176 e. The van der Waals surface area contributed by atoms with Gasteiger partial charge in [0.1, 0.15) is 34.5 Å². The van der Waals surface area contributed by atoms with E-state index in [4.69, 9.17) is 9.47 Å². The number of carbonyl (C=O) groups excluding carboxylic acids is 1. The van der Waals surface area contributed by atoms with Gasteiger partial charge in [0.25, 0.3) is 0 Å². The van der Waals surface area contributed by atoms with Gasteiger partial charge in [-0.05, 0) is 32.9 Å². The number of fused-ring (bicyclic) bond motifs is 2. The Labute approximate surface area is 118 Å². The fraction of sp³-hybridized carbons (Fsp3) is 0.438. The summed E-state index contributed by atoms with van der Waals surface area (Å²) in [4.78, 5) is 12.4. The quantitative estimate of drug-likeness (QED) is 0.789. The fourth-order valence-corrected chi connectivity index (χ4v) is 2.56. The molecule has 2 aliphatic rings. The van der Waals surface area contributed by atoms with E-state index in [2.05, 4.69) is 0 Å². The molecule has 2 atom stereocenters. The van der Waals surface area contributed by atoms with E-state index in [1.54, 1.807) is 12.1 Å². The second-order valence-corrected chi connectivity index (χ2v) is 6.02. The molecule has 1 aromatic carbocycles. The molecule has 1 N–H and O–H groups in total. The van der Waals surface area contributed by atoms with Crippen LogP contribution in [0.3, 0.4) is 0 Å². The Kier molecular flexibility index (Phi) is 2.61. The molecule has 0 radical (unpaired) electrons. The van der Waals surface area contributed by atoms with E-state index in [0.717, 1.165) is 0 Å². The predicted molar refractivity (Wildman–Crippen MR) is 75.4 cm³/mol. The maximum Gasteiger partial charge on any atom is 0.176 e. The van der Waals surface area contributed by atoms with Crippen LogP contribution in [-0.4, -0.2) is 22.6 Å². The van der Waals surface area contributed by atoms with Crippen LogP contribution in [0.2, 0.25) is 0 Å². The summed E-state index contributed by atoms with van der Waals surface area (Å²) in [6, 6.07) is 1.70. The summed E-state index contributed by atoms with van der Waals surface area (Å²) in [6.45, 7) is 7.52. The molecule has 0 aromatic heterocycles. The van der Waals surface area contributed by atoms with E-state index in [9.17, 15) is 9.90 Å². The van der Waals surface area contributed by atoms with Crippen molar-refractivity contribution in [3.05, 3.63) is 23.3 Å². The van der Waals surface area contributed by atoms with Crippen molar-refractivity contribution in [3.63, 3.8) is 0 Å².